The van der Waals surface area contributed by atoms with Crippen molar-refractivity contribution in [2.45, 2.75) is 95.9 Å². The van der Waals surface area contributed by atoms with Crippen LogP contribution in [0.5, 0.6) is 0 Å². The zero-order chi connectivity index (χ0) is 26.3. The topological polar surface area (TPSA) is 60.8 Å². The summed E-state index contributed by atoms with van der Waals surface area (Å²) in [4.78, 5) is 28.1. The third-order valence-electron chi connectivity index (χ3n) is 7.51. The summed E-state index contributed by atoms with van der Waals surface area (Å²) >= 11 is 3.46. The Hall–Kier alpha value is -2.12. The number of halogens is 1. The molecule has 1 aliphatic heterocycles. The second kappa shape index (κ2) is 9.97. The highest BCUT2D eigenvalue weighted by molar-refractivity contribution is 9.10. The van der Waals surface area contributed by atoms with Crippen LogP contribution < -0.4 is 0 Å². The van der Waals surface area contributed by atoms with Crippen molar-refractivity contribution in [3.8, 4) is 0 Å². The number of carbonyl (C=O) groups is 2. The van der Waals surface area contributed by atoms with E-state index < -0.39 is 16.9 Å². The highest BCUT2D eigenvalue weighted by atomic mass is 79.9. The van der Waals surface area contributed by atoms with Crippen LogP contribution in [0, 0.1) is 0 Å². The van der Waals surface area contributed by atoms with Crippen molar-refractivity contribution in [2.75, 3.05) is 6.61 Å². The van der Waals surface area contributed by atoms with Crippen LogP contribution in [0.4, 0.5) is 4.79 Å². The molecule has 1 aromatic heterocycles. The molecule has 1 saturated carbocycles. The molecule has 2 heterocycles. The van der Waals surface area contributed by atoms with Gasteiger partial charge in [0.2, 0.25) is 0 Å². The van der Waals surface area contributed by atoms with Crippen LogP contribution in [0.25, 0.3) is 0 Å². The molecule has 1 spiro atoms. The van der Waals surface area contributed by atoms with Gasteiger partial charge in [-0.1, -0.05) is 28.1 Å². The van der Waals surface area contributed by atoms with E-state index in [1.165, 1.54) is 5.56 Å². The molecule has 6 nitrogen and oxygen atoms in total. The maximum Gasteiger partial charge on any atom is 0.413 e. The summed E-state index contributed by atoms with van der Waals surface area (Å²) in [6, 6.07) is 12.3. The molecule has 7 heteroatoms. The molecule has 0 bridgehead atoms. The summed E-state index contributed by atoms with van der Waals surface area (Å²) in [6.07, 6.45) is 4.50. The van der Waals surface area contributed by atoms with Gasteiger partial charge in [-0.25, -0.2) is 4.79 Å². The number of carbonyl (C=O) groups excluding carboxylic acids is 2. The maximum absolute atomic E-state index is 13.2. The van der Waals surface area contributed by atoms with Gasteiger partial charge in [-0.05, 0) is 96.6 Å². The number of ether oxygens (including phenoxy) is 2. The molecule has 1 aromatic carbocycles. The Morgan fingerprint density at radius 2 is 1.83 bits per heavy atom. The molecule has 1 saturated heterocycles. The smallest absolute Gasteiger partial charge is 0.413 e. The third kappa shape index (κ3) is 5.57. The Morgan fingerprint density at radius 3 is 2.50 bits per heavy atom. The zero-order valence-corrected chi connectivity index (χ0v) is 24.0. The number of nitrogens with zero attached hydrogens (tertiary/aromatic N) is 2. The van der Waals surface area contributed by atoms with Crippen molar-refractivity contribution in [1.82, 2.24) is 9.47 Å². The average Bonchev–Trinajstić information content (AvgIpc) is 3.43. The number of aromatic nitrogens is 1. The first kappa shape index (κ1) is 26.9. The quantitative estimate of drug-likeness (QED) is 0.358. The minimum Gasteiger partial charge on any atom is -0.444 e. The predicted molar refractivity (Wildman–Crippen MR) is 144 cm³/mol. The van der Waals surface area contributed by atoms with E-state index in [-0.39, 0.29) is 17.8 Å². The molecule has 1 amide bonds. The van der Waals surface area contributed by atoms with E-state index in [2.05, 4.69) is 38.7 Å². The summed E-state index contributed by atoms with van der Waals surface area (Å²) < 4.78 is 15.0. The van der Waals surface area contributed by atoms with Crippen LogP contribution in [-0.4, -0.2) is 44.8 Å². The van der Waals surface area contributed by atoms with Gasteiger partial charge >= 0.3 is 6.09 Å². The Kier molecular flexibility index (Phi) is 7.46. The van der Waals surface area contributed by atoms with E-state index in [1.807, 2.05) is 64.8 Å². The fraction of sp³-hybridized carbons (Fsp3) is 0.586. The normalized spacial score (nSPS) is 23.4. The van der Waals surface area contributed by atoms with Crippen molar-refractivity contribution in [2.24, 2.45) is 7.05 Å². The lowest BCUT2D eigenvalue weighted by atomic mass is 9.93. The molecule has 2 aromatic rings. The van der Waals surface area contributed by atoms with Gasteiger partial charge < -0.3 is 14.0 Å². The molecule has 2 fully saturated rings. The molecule has 0 radical (unpaired) electrons. The van der Waals surface area contributed by atoms with Crippen molar-refractivity contribution in [3.63, 3.8) is 0 Å². The summed E-state index contributed by atoms with van der Waals surface area (Å²) in [7, 11) is 1.99. The Morgan fingerprint density at radius 1 is 1.14 bits per heavy atom. The minimum atomic E-state index is -0.721. The second-order valence-corrected chi connectivity index (χ2v) is 12.7. The minimum absolute atomic E-state index is 0.175. The first-order valence-corrected chi connectivity index (χ1v) is 13.7. The summed E-state index contributed by atoms with van der Waals surface area (Å²) in [5, 5.41) is 0. The molecule has 2 aliphatic rings. The van der Waals surface area contributed by atoms with Crippen molar-refractivity contribution in [1.29, 1.82) is 0 Å². The van der Waals surface area contributed by atoms with Gasteiger partial charge in [-0.2, -0.15) is 0 Å². The fourth-order valence-electron chi connectivity index (χ4n) is 5.87. The molecule has 1 aliphatic carbocycles. The highest BCUT2D eigenvalue weighted by Gasteiger charge is 2.58. The van der Waals surface area contributed by atoms with E-state index in [4.69, 9.17) is 9.47 Å². The number of hydrogen-bond acceptors (Lipinski definition) is 4. The number of benzene rings is 1. The molecule has 4 rings (SSSR count). The highest BCUT2D eigenvalue weighted by Crippen LogP contribution is 2.51. The van der Waals surface area contributed by atoms with Crippen LogP contribution in [0.3, 0.4) is 0 Å². The monoisotopic (exact) mass is 558 g/mol. The lowest BCUT2D eigenvalue weighted by Gasteiger charge is -2.40. The van der Waals surface area contributed by atoms with Crippen LogP contribution in [-0.2, 0) is 22.9 Å². The van der Waals surface area contributed by atoms with Crippen molar-refractivity contribution >= 4 is 27.8 Å². The van der Waals surface area contributed by atoms with Gasteiger partial charge in [-0.3, -0.25) is 9.69 Å². The first-order valence-electron chi connectivity index (χ1n) is 12.9. The summed E-state index contributed by atoms with van der Waals surface area (Å²) in [5.41, 5.74) is 1.47. The van der Waals surface area contributed by atoms with Crippen LogP contribution in [0.1, 0.15) is 94.4 Å². The van der Waals surface area contributed by atoms with Crippen LogP contribution >= 0.6 is 15.9 Å². The maximum atomic E-state index is 13.2. The summed E-state index contributed by atoms with van der Waals surface area (Å²) in [6.45, 7) is 10.0. The number of Topliss-reactive ketones (excluding diaryl/α,β-unsaturated/α-hetero) is 1. The third-order valence-corrected chi connectivity index (χ3v) is 8.04. The molecule has 196 valence electrons. The molecular formula is C29H39BrN2O4. The largest absolute Gasteiger partial charge is 0.444 e. The number of amides is 1. The Bertz CT molecular complexity index is 1120. The van der Waals surface area contributed by atoms with Gasteiger partial charge in [0.1, 0.15) is 11.3 Å². The molecule has 2 atom stereocenters. The Balaban J connectivity index is 1.43. The molecular weight excluding hydrogens is 520 g/mol. The van der Waals surface area contributed by atoms with Crippen LogP contribution in [0.15, 0.2) is 40.9 Å². The fourth-order valence-corrected chi connectivity index (χ4v) is 6.14. The molecule has 36 heavy (non-hydrogen) atoms. The number of ketones is 1. The molecule has 0 N–H and O–H groups in total. The molecule has 0 unspecified atom stereocenters. The number of rotatable bonds is 6. The van der Waals surface area contributed by atoms with E-state index in [1.54, 1.807) is 0 Å². The van der Waals surface area contributed by atoms with Gasteiger partial charge in [-0.15, -0.1) is 0 Å². The van der Waals surface area contributed by atoms with Gasteiger partial charge in [0.15, 0.2) is 5.78 Å². The SMILES string of the molecule is Cn1c(C(=O)CCCc2ccc(Br)cc2)ccc1[C@H]1CC[C@]2(COC(C)(C)N2C(=O)OC(C)(C)C)C1. The van der Waals surface area contributed by atoms with Gasteiger partial charge in [0.05, 0.1) is 17.8 Å². The van der Waals surface area contributed by atoms with Crippen molar-refractivity contribution in [3.05, 3.63) is 57.8 Å². The van der Waals surface area contributed by atoms with E-state index >= 15 is 0 Å². The summed E-state index contributed by atoms with van der Waals surface area (Å²) in [5.74, 6) is 0.427. The lowest BCUT2D eigenvalue weighted by Crippen LogP contribution is -2.55. The average molecular weight is 560 g/mol. The predicted octanol–water partition coefficient (Wildman–Crippen LogP) is 7.00. The first-order chi connectivity index (χ1) is 16.8. The number of aryl methyl sites for hydroxylation is 1. The zero-order valence-electron chi connectivity index (χ0n) is 22.4. The van der Waals surface area contributed by atoms with E-state index in [0.29, 0.717) is 13.0 Å². The lowest BCUT2D eigenvalue weighted by molar-refractivity contribution is -0.0688. The Labute approximate surface area is 223 Å². The van der Waals surface area contributed by atoms with E-state index in [0.717, 1.165) is 48.0 Å². The van der Waals surface area contributed by atoms with Gasteiger partial charge in [0, 0.05) is 29.6 Å². The second-order valence-electron chi connectivity index (χ2n) is 11.8. The number of hydrogen-bond donors (Lipinski definition) is 0. The van der Waals surface area contributed by atoms with Crippen molar-refractivity contribution < 1.29 is 19.1 Å². The van der Waals surface area contributed by atoms with Gasteiger partial charge in [0.25, 0.3) is 0 Å². The van der Waals surface area contributed by atoms with Crippen LogP contribution in [0.2, 0.25) is 0 Å². The van der Waals surface area contributed by atoms with E-state index in [9.17, 15) is 9.59 Å². The standard InChI is InChI=1S/C29H39BrN2O4/c1-27(2,3)36-26(34)32-28(4,5)35-19-29(32)17-16-21(18-29)23-14-15-24(31(23)6)25(33)9-7-8-20-10-12-22(30)13-11-20/h10-15,21H,7-9,16-19H2,1-6H3/t21-,29+/m0/s1.